The van der Waals surface area contributed by atoms with E-state index >= 15 is 0 Å². The molecular formula is C24H42F2N4O3S. The Bertz CT molecular complexity index is 790. The van der Waals surface area contributed by atoms with Gasteiger partial charge in [-0.3, -0.25) is 9.11 Å². The molecular weight excluding hydrogens is 462 g/mol. The Labute approximate surface area is 206 Å². The summed E-state index contributed by atoms with van der Waals surface area (Å²) in [7, 11) is 1.77. The van der Waals surface area contributed by atoms with E-state index in [1.165, 1.54) is 12.3 Å². The lowest BCUT2D eigenvalue weighted by molar-refractivity contribution is -0.00406. The van der Waals surface area contributed by atoms with Crippen LogP contribution in [-0.2, 0) is 4.74 Å². The van der Waals surface area contributed by atoms with Crippen LogP contribution in [0.3, 0.4) is 0 Å². The molecule has 2 unspecified atom stereocenters. The van der Waals surface area contributed by atoms with E-state index in [-0.39, 0.29) is 25.9 Å². The number of hydrogen-bond acceptors (Lipinski definition) is 7. The van der Waals surface area contributed by atoms with E-state index in [2.05, 4.69) is 28.1 Å². The van der Waals surface area contributed by atoms with Crippen LogP contribution in [0.2, 0.25) is 0 Å². The fraction of sp³-hybridized carbons (Fsp3) is 0.583. The van der Waals surface area contributed by atoms with Gasteiger partial charge in [-0.05, 0) is 56.2 Å². The molecule has 0 heterocycles. The number of nitrogens with one attached hydrogen (secondary N) is 1. The lowest BCUT2D eigenvalue weighted by Crippen LogP contribution is -2.42. The van der Waals surface area contributed by atoms with Crippen molar-refractivity contribution in [2.24, 2.45) is 16.1 Å². The molecule has 7 nitrogen and oxygen atoms in total. The van der Waals surface area contributed by atoms with Crippen molar-refractivity contribution >= 4 is 11.2 Å². The Balaban J connectivity index is 0.00000375. The number of halogens is 2. The lowest BCUT2D eigenvalue weighted by atomic mass is 9.82. The minimum absolute atomic E-state index is 0. The Kier molecular flexibility index (Phi) is 13.5. The monoisotopic (exact) mass is 504 g/mol. The van der Waals surface area contributed by atoms with E-state index < -0.39 is 17.2 Å². The van der Waals surface area contributed by atoms with Gasteiger partial charge in [-0.25, -0.2) is 4.39 Å². The molecule has 0 spiro atoms. The lowest BCUT2D eigenvalue weighted by Gasteiger charge is -2.35. The zero-order chi connectivity index (χ0) is 25.7. The second-order valence-corrected chi connectivity index (χ2v) is 9.40. The van der Waals surface area contributed by atoms with E-state index in [1.54, 1.807) is 31.0 Å². The van der Waals surface area contributed by atoms with Crippen molar-refractivity contribution in [3.05, 3.63) is 60.8 Å². The first-order chi connectivity index (χ1) is 16.1. The van der Waals surface area contributed by atoms with E-state index in [1.807, 2.05) is 19.9 Å². The molecule has 0 saturated heterocycles. The van der Waals surface area contributed by atoms with Crippen molar-refractivity contribution < 1.29 is 23.5 Å². The van der Waals surface area contributed by atoms with Crippen molar-refractivity contribution in [3.63, 3.8) is 0 Å². The predicted octanol–water partition coefficient (Wildman–Crippen LogP) is 7.28. The van der Waals surface area contributed by atoms with Crippen LogP contribution in [0, 0.1) is 11.7 Å². The van der Waals surface area contributed by atoms with Crippen molar-refractivity contribution in [2.45, 2.75) is 64.5 Å². The molecule has 0 bridgehead atoms. The molecule has 1 saturated carbocycles. The second kappa shape index (κ2) is 15.2. The van der Waals surface area contributed by atoms with Gasteiger partial charge < -0.3 is 9.64 Å². The Morgan fingerprint density at radius 1 is 1.35 bits per heavy atom. The standard InChI is InChI=1S/C22H34F2N4O3S.C2H6.H2/c1-5-25-26-17(3)28(4)14-20(16(2)27-32(24,29)30)15-31-22-11-9-18(10-12-22)19-7-6-8-21(23)13-19;1-2;/h5-8,13,16,18,20,22,27,29-30H,1,3,9-12,14-15H2,2,4H3;1-2H3;1H. The third kappa shape index (κ3) is 11.1. The maximum absolute atomic E-state index is 13.5. The molecule has 1 fully saturated rings. The highest BCUT2D eigenvalue weighted by atomic mass is 32.3. The first kappa shape index (κ1) is 30.2. The van der Waals surface area contributed by atoms with Crippen LogP contribution in [0.25, 0.3) is 0 Å². The Morgan fingerprint density at radius 2 is 2.00 bits per heavy atom. The molecule has 2 atom stereocenters. The van der Waals surface area contributed by atoms with Crippen LogP contribution in [-0.4, -0.2) is 46.4 Å². The molecule has 0 aromatic heterocycles. The molecule has 10 heteroatoms. The normalized spacial score (nSPS) is 20.7. The maximum atomic E-state index is 13.5. The SMILES string of the molecule is C=CN=NC(=C)N(C)CC(COC1CCC(c2cccc(F)c2)CC1)C(C)NS(O)(O)F.CC.[HH]. The fourth-order valence-corrected chi connectivity index (χ4v) is 4.58. The molecule has 1 aromatic rings. The van der Waals surface area contributed by atoms with Gasteiger partial charge in [0.2, 0.25) is 0 Å². The number of azo groups is 1. The molecule has 1 aromatic carbocycles. The highest BCUT2D eigenvalue weighted by Crippen LogP contribution is 2.37. The molecule has 0 amide bonds. The second-order valence-electron chi connectivity index (χ2n) is 8.20. The summed E-state index contributed by atoms with van der Waals surface area (Å²) < 4.78 is 53.7. The highest BCUT2D eigenvalue weighted by Gasteiger charge is 2.28. The van der Waals surface area contributed by atoms with Crippen LogP contribution in [0.4, 0.5) is 8.28 Å². The first-order valence-electron chi connectivity index (χ1n) is 11.6. The third-order valence-electron chi connectivity index (χ3n) is 5.79. The first-order valence-corrected chi connectivity index (χ1v) is 13.1. The summed E-state index contributed by atoms with van der Waals surface area (Å²) >= 11 is -4.36. The molecule has 2 rings (SSSR count). The molecule has 1 aliphatic rings. The molecule has 3 N–H and O–H groups in total. The summed E-state index contributed by atoms with van der Waals surface area (Å²) in [5.74, 6) is 0.205. The summed E-state index contributed by atoms with van der Waals surface area (Å²) in [6.45, 7) is 13.6. The van der Waals surface area contributed by atoms with Crippen LogP contribution in [0.1, 0.15) is 59.4 Å². The molecule has 196 valence electrons. The van der Waals surface area contributed by atoms with Gasteiger partial charge >= 0.3 is 0 Å². The maximum Gasteiger partial charge on any atom is 0.143 e. The number of benzene rings is 1. The van der Waals surface area contributed by atoms with Gasteiger partial charge in [0.1, 0.15) is 11.6 Å². The van der Waals surface area contributed by atoms with E-state index in [0.29, 0.717) is 18.3 Å². The van der Waals surface area contributed by atoms with Crippen molar-refractivity contribution in [3.8, 4) is 0 Å². The van der Waals surface area contributed by atoms with Gasteiger partial charge in [-0.1, -0.05) is 43.0 Å². The van der Waals surface area contributed by atoms with Gasteiger partial charge in [-0.2, -0.15) is 9.84 Å². The van der Waals surface area contributed by atoms with E-state index in [4.69, 9.17) is 4.74 Å². The van der Waals surface area contributed by atoms with Crippen molar-refractivity contribution in [1.29, 1.82) is 0 Å². The zero-order valence-corrected chi connectivity index (χ0v) is 21.5. The van der Waals surface area contributed by atoms with Gasteiger partial charge in [0.15, 0.2) is 0 Å². The average Bonchev–Trinajstić information content (AvgIpc) is 2.80. The van der Waals surface area contributed by atoms with Gasteiger partial charge in [0.05, 0.1) is 12.7 Å². The summed E-state index contributed by atoms with van der Waals surface area (Å²) in [5.41, 5.74) is 1.01. The quantitative estimate of drug-likeness (QED) is 0.260. The number of hydrogen-bond donors (Lipinski definition) is 3. The number of nitrogens with zero attached hydrogens (tertiary/aromatic N) is 3. The minimum atomic E-state index is -4.36. The Hall–Kier alpha value is -1.85. The van der Waals surface area contributed by atoms with Gasteiger partial charge in [-0.15, -0.1) is 5.11 Å². The highest BCUT2D eigenvalue weighted by molar-refractivity contribution is 8.18. The fourth-order valence-electron chi connectivity index (χ4n) is 3.91. The summed E-state index contributed by atoms with van der Waals surface area (Å²) in [4.78, 5) is 1.74. The Morgan fingerprint density at radius 3 is 2.56 bits per heavy atom. The summed E-state index contributed by atoms with van der Waals surface area (Å²) in [6, 6.07) is 6.16. The van der Waals surface area contributed by atoms with Crippen LogP contribution >= 0.6 is 11.2 Å². The van der Waals surface area contributed by atoms with Crippen LogP contribution < -0.4 is 4.72 Å². The molecule has 34 heavy (non-hydrogen) atoms. The molecule has 1 aliphatic carbocycles. The number of rotatable bonds is 12. The summed E-state index contributed by atoms with van der Waals surface area (Å²) in [5, 5.41) is 7.61. The number of ether oxygens (including phenoxy) is 1. The smallest absolute Gasteiger partial charge is 0.143 e. The third-order valence-corrected chi connectivity index (χ3v) is 6.46. The van der Waals surface area contributed by atoms with Gasteiger partial charge in [0, 0.05) is 44.3 Å². The zero-order valence-electron chi connectivity index (χ0n) is 20.7. The van der Waals surface area contributed by atoms with Crippen molar-refractivity contribution in [1.82, 2.24) is 9.62 Å². The average molecular weight is 505 g/mol. The predicted molar refractivity (Wildman–Crippen MR) is 138 cm³/mol. The topological polar surface area (TPSA) is 89.7 Å². The summed E-state index contributed by atoms with van der Waals surface area (Å²) in [6.07, 6.45) is 4.80. The molecule has 0 radical (unpaired) electrons. The van der Waals surface area contributed by atoms with Crippen LogP contribution in [0.15, 0.2) is 59.7 Å². The largest absolute Gasteiger partial charge is 0.378 e. The molecule has 0 aliphatic heterocycles. The van der Waals surface area contributed by atoms with Gasteiger partial charge in [0.25, 0.3) is 0 Å². The van der Waals surface area contributed by atoms with Crippen molar-refractivity contribution in [2.75, 3.05) is 20.2 Å². The minimum Gasteiger partial charge on any atom is -0.378 e. The van der Waals surface area contributed by atoms with E-state index in [0.717, 1.165) is 31.2 Å². The van der Waals surface area contributed by atoms with E-state index in [9.17, 15) is 17.4 Å². The van der Waals surface area contributed by atoms with Crippen LogP contribution in [0.5, 0.6) is 0 Å².